The number of ketones is 1. The minimum Gasteiger partial charge on any atom is -0.487 e. The number of pyridine rings is 1. The van der Waals surface area contributed by atoms with Crippen LogP contribution < -0.4 is 4.74 Å². The third-order valence-electron chi connectivity index (χ3n) is 2.54. The maximum Gasteiger partial charge on any atom is 0.218 e. The number of carbonyl (C=O) groups is 2. The summed E-state index contributed by atoms with van der Waals surface area (Å²) in [5.41, 5.74) is 1.67. The lowest BCUT2D eigenvalue weighted by molar-refractivity contribution is -0.126. The lowest BCUT2D eigenvalue weighted by atomic mass is 10.2. The van der Waals surface area contributed by atoms with Crippen molar-refractivity contribution in [2.75, 3.05) is 0 Å². The van der Waals surface area contributed by atoms with Crippen molar-refractivity contribution in [3.05, 3.63) is 66.0 Å². The fraction of sp³-hybridized carbons (Fsp3) is 0.0625. The number of benzene rings is 1. The predicted molar refractivity (Wildman–Crippen MR) is 75.1 cm³/mol. The Morgan fingerprint density at radius 3 is 2.60 bits per heavy atom. The molecule has 0 fully saturated rings. The van der Waals surface area contributed by atoms with Crippen molar-refractivity contribution >= 4 is 18.1 Å². The zero-order chi connectivity index (χ0) is 14.2. The minimum absolute atomic E-state index is 0.258. The normalized spacial score (nSPS) is 10.4. The molecule has 2 rings (SSSR count). The predicted octanol–water partition coefficient (Wildman–Crippen LogP) is 2.44. The number of nitrogens with zero attached hydrogens (tertiary/aromatic N) is 1. The highest BCUT2D eigenvalue weighted by atomic mass is 16.5. The van der Waals surface area contributed by atoms with E-state index < -0.39 is 5.78 Å². The first-order valence-corrected chi connectivity index (χ1v) is 6.08. The molecular weight excluding hydrogens is 254 g/mol. The average molecular weight is 267 g/mol. The summed E-state index contributed by atoms with van der Waals surface area (Å²) in [5, 5.41) is 0. The van der Waals surface area contributed by atoms with Gasteiger partial charge in [0, 0.05) is 0 Å². The first-order chi connectivity index (χ1) is 9.78. The Bertz CT molecular complexity index is 603. The molecule has 0 unspecified atom stereocenters. The molecule has 0 radical (unpaired) electrons. The smallest absolute Gasteiger partial charge is 0.218 e. The van der Waals surface area contributed by atoms with Gasteiger partial charge in [0.2, 0.25) is 5.78 Å². The van der Waals surface area contributed by atoms with Gasteiger partial charge in [0.05, 0.1) is 11.9 Å². The Hall–Kier alpha value is -2.75. The van der Waals surface area contributed by atoms with Crippen molar-refractivity contribution in [2.45, 2.75) is 6.61 Å². The molecule has 1 aromatic carbocycles. The maximum absolute atomic E-state index is 10.8. The van der Waals surface area contributed by atoms with Gasteiger partial charge in [-0.3, -0.25) is 14.6 Å². The van der Waals surface area contributed by atoms with Crippen molar-refractivity contribution in [1.29, 1.82) is 0 Å². The Labute approximate surface area is 116 Å². The van der Waals surface area contributed by atoms with E-state index >= 15 is 0 Å². The van der Waals surface area contributed by atoms with Gasteiger partial charge in [-0.15, -0.1) is 0 Å². The van der Waals surface area contributed by atoms with Gasteiger partial charge < -0.3 is 4.74 Å². The van der Waals surface area contributed by atoms with Crippen LogP contribution in [0.5, 0.6) is 5.75 Å². The van der Waals surface area contributed by atoms with Gasteiger partial charge in [-0.25, -0.2) is 0 Å². The average Bonchev–Trinajstić information content (AvgIpc) is 2.52. The van der Waals surface area contributed by atoms with Gasteiger partial charge in [0.25, 0.3) is 0 Å². The molecular formula is C16H13NO3. The summed E-state index contributed by atoms with van der Waals surface area (Å²) in [6.07, 6.45) is 4.50. The number of carbonyl (C=O) groups excluding carboxylic acids is 2. The topological polar surface area (TPSA) is 56.3 Å². The molecule has 1 heterocycles. The highest BCUT2D eigenvalue weighted by Crippen LogP contribution is 2.12. The van der Waals surface area contributed by atoms with E-state index in [0.29, 0.717) is 18.1 Å². The van der Waals surface area contributed by atoms with Crippen LogP contribution in [0.15, 0.2) is 54.7 Å². The largest absolute Gasteiger partial charge is 0.487 e. The van der Waals surface area contributed by atoms with Crippen LogP contribution >= 0.6 is 0 Å². The first kappa shape index (κ1) is 13.7. The number of ether oxygens (including phenoxy) is 1. The molecule has 0 aliphatic carbocycles. The van der Waals surface area contributed by atoms with Crippen molar-refractivity contribution < 1.29 is 14.3 Å². The molecule has 0 saturated carbocycles. The molecule has 0 N–H and O–H groups in total. The zero-order valence-electron chi connectivity index (χ0n) is 10.7. The van der Waals surface area contributed by atoms with Gasteiger partial charge in [-0.2, -0.15) is 0 Å². The lowest BCUT2D eigenvalue weighted by Crippen LogP contribution is -1.96. The van der Waals surface area contributed by atoms with E-state index in [0.717, 1.165) is 5.56 Å². The van der Waals surface area contributed by atoms with Crippen LogP contribution in [0.1, 0.15) is 11.3 Å². The second kappa shape index (κ2) is 6.99. The Morgan fingerprint density at radius 2 is 1.95 bits per heavy atom. The number of rotatable bonds is 6. The SMILES string of the molecule is O=CC(=O)/C=C\c1ccc(OCc2ccccc2)cn1. The number of allylic oxidation sites excluding steroid dienone is 1. The van der Waals surface area contributed by atoms with Gasteiger partial charge in [0.15, 0.2) is 6.29 Å². The summed E-state index contributed by atoms with van der Waals surface area (Å²) in [7, 11) is 0. The van der Waals surface area contributed by atoms with Crippen molar-refractivity contribution in [1.82, 2.24) is 4.98 Å². The number of aldehydes is 1. The molecule has 100 valence electrons. The molecule has 0 amide bonds. The summed E-state index contributed by atoms with van der Waals surface area (Å²) in [6, 6.07) is 13.3. The lowest BCUT2D eigenvalue weighted by Gasteiger charge is -2.05. The van der Waals surface area contributed by atoms with Crippen LogP contribution in [0.2, 0.25) is 0 Å². The van der Waals surface area contributed by atoms with E-state index in [1.807, 2.05) is 30.3 Å². The summed E-state index contributed by atoms with van der Waals surface area (Å²) in [6.45, 7) is 0.474. The van der Waals surface area contributed by atoms with E-state index in [1.54, 1.807) is 18.3 Å². The summed E-state index contributed by atoms with van der Waals surface area (Å²) in [5.74, 6) is 0.0592. The van der Waals surface area contributed by atoms with E-state index in [-0.39, 0.29) is 6.29 Å². The standard InChI is InChI=1S/C16H13NO3/c18-11-15(19)8-6-14-7-9-16(10-17-14)20-12-13-4-2-1-3-5-13/h1-11H,12H2/b8-6-. The van der Waals surface area contributed by atoms with Crippen LogP contribution in [-0.2, 0) is 16.2 Å². The molecule has 20 heavy (non-hydrogen) atoms. The van der Waals surface area contributed by atoms with Gasteiger partial charge in [-0.05, 0) is 29.8 Å². The molecule has 0 spiro atoms. The minimum atomic E-state index is -0.587. The third kappa shape index (κ3) is 4.17. The van der Waals surface area contributed by atoms with Crippen LogP contribution in [0.3, 0.4) is 0 Å². The van der Waals surface area contributed by atoms with Gasteiger partial charge >= 0.3 is 0 Å². The Morgan fingerprint density at radius 1 is 1.15 bits per heavy atom. The van der Waals surface area contributed by atoms with Gasteiger partial charge in [0.1, 0.15) is 12.4 Å². The fourth-order valence-electron chi connectivity index (χ4n) is 1.52. The molecule has 4 nitrogen and oxygen atoms in total. The van der Waals surface area contributed by atoms with Crippen LogP contribution in [0, 0.1) is 0 Å². The molecule has 2 aromatic rings. The Balaban J connectivity index is 1.93. The summed E-state index contributed by atoms with van der Waals surface area (Å²) >= 11 is 0. The summed E-state index contributed by atoms with van der Waals surface area (Å²) < 4.78 is 5.58. The van der Waals surface area contributed by atoms with Crippen LogP contribution in [-0.4, -0.2) is 17.1 Å². The highest BCUT2D eigenvalue weighted by molar-refractivity contribution is 6.31. The second-order valence-electron chi connectivity index (χ2n) is 4.05. The molecule has 0 aliphatic heterocycles. The van der Waals surface area contributed by atoms with E-state index in [9.17, 15) is 9.59 Å². The molecule has 4 heteroatoms. The second-order valence-corrected chi connectivity index (χ2v) is 4.05. The number of hydrogen-bond donors (Lipinski definition) is 0. The Kier molecular flexibility index (Phi) is 4.78. The van der Waals surface area contributed by atoms with Crippen molar-refractivity contribution in [3.63, 3.8) is 0 Å². The van der Waals surface area contributed by atoms with Crippen LogP contribution in [0.4, 0.5) is 0 Å². The molecule has 0 aliphatic rings. The third-order valence-corrected chi connectivity index (χ3v) is 2.54. The van der Waals surface area contributed by atoms with Crippen molar-refractivity contribution in [2.24, 2.45) is 0 Å². The summed E-state index contributed by atoms with van der Waals surface area (Å²) in [4.78, 5) is 25.1. The number of aromatic nitrogens is 1. The monoisotopic (exact) mass is 267 g/mol. The number of hydrogen-bond acceptors (Lipinski definition) is 4. The van der Waals surface area contributed by atoms with Crippen LogP contribution in [0.25, 0.3) is 6.08 Å². The quantitative estimate of drug-likeness (QED) is 0.458. The van der Waals surface area contributed by atoms with Crippen molar-refractivity contribution in [3.8, 4) is 5.75 Å². The molecule has 1 aromatic heterocycles. The van der Waals surface area contributed by atoms with E-state index in [4.69, 9.17) is 4.74 Å². The van der Waals surface area contributed by atoms with Gasteiger partial charge in [-0.1, -0.05) is 30.3 Å². The highest BCUT2D eigenvalue weighted by Gasteiger charge is 1.97. The van der Waals surface area contributed by atoms with E-state index in [2.05, 4.69) is 4.98 Å². The molecule has 0 atom stereocenters. The molecule has 0 bridgehead atoms. The first-order valence-electron chi connectivity index (χ1n) is 6.08. The maximum atomic E-state index is 10.8. The van der Waals surface area contributed by atoms with E-state index in [1.165, 1.54) is 12.2 Å². The fourth-order valence-corrected chi connectivity index (χ4v) is 1.52. The zero-order valence-corrected chi connectivity index (χ0v) is 10.7. The molecule has 0 saturated heterocycles.